The number of nitrogens with zero attached hydrogens (tertiary/aromatic N) is 3. The summed E-state index contributed by atoms with van der Waals surface area (Å²) in [5.74, 6) is -0.0845. The van der Waals surface area contributed by atoms with E-state index in [2.05, 4.69) is 20.7 Å². The largest absolute Gasteiger partial charge is 0.354 e. The van der Waals surface area contributed by atoms with Crippen molar-refractivity contribution in [3.8, 4) is 0 Å². The summed E-state index contributed by atoms with van der Waals surface area (Å²) < 4.78 is 1.83. The van der Waals surface area contributed by atoms with E-state index in [1.807, 2.05) is 45.2 Å². The van der Waals surface area contributed by atoms with Gasteiger partial charge in [-0.05, 0) is 32.8 Å². The SMILES string of the molecule is Cc1cc2nc(C)c(CCC(=O)NCCNC(=O)C(C)C)c(C)n2n1. The Hall–Kier alpha value is -2.44. The molecule has 136 valence electrons. The number of hydrogen-bond donors (Lipinski definition) is 2. The number of hydrogen-bond acceptors (Lipinski definition) is 4. The van der Waals surface area contributed by atoms with E-state index in [-0.39, 0.29) is 17.7 Å². The third-order valence-corrected chi connectivity index (χ3v) is 4.16. The van der Waals surface area contributed by atoms with Crippen molar-refractivity contribution in [2.75, 3.05) is 13.1 Å². The van der Waals surface area contributed by atoms with Crippen molar-refractivity contribution in [1.82, 2.24) is 25.2 Å². The minimum absolute atomic E-state index is 0.00519. The lowest BCUT2D eigenvalue weighted by molar-refractivity contribution is -0.124. The smallest absolute Gasteiger partial charge is 0.222 e. The van der Waals surface area contributed by atoms with Gasteiger partial charge in [-0.15, -0.1) is 0 Å². The number of nitrogens with one attached hydrogen (secondary N) is 2. The third kappa shape index (κ3) is 4.78. The third-order valence-electron chi connectivity index (χ3n) is 4.16. The zero-order chi connectivity index (χ0) is 18.6. The molecule has 2 aromatic heterocycles. The molecule has 0 atom stereocenters. The second-order valence-electron chi connectivity index (χ2n) is 6.61. The van der Waals surface area contributed by atoms with E-state index in [9.17, 15) is 9.59 Å². The highest BCUT2D eigenvalue weighted by molar-refractivity contribution is 5.78. The Morgan fingerprint density at radius 2 is 1.84 bits per heavy atom. The second kappa shape index (κ2) is 8.09. The van der Waals surface area contributed by atoms with Gasteiger partial charge in [-0.1, -0.05) is 13.8 Å². The summed E-state index contributed by atoms with van der Waals surface area (Å²) in [6.45, 7) is 10.5. The molecule has 7 heteroatoms. The van der Waals surface area contributed by atoms with Crippen molar-refractivity contribution < 1.29 is 9.59 Å². The Labute approximate surface area is 148 Å². The molecule has 0 bridgehead atoms. The van der Waals surface area contributed by atoms with Crippen LogP contribution in [0.5, 0.6) is 0 Å². The molecule has 7 nitrogen and oxygen atoms in total. The monoisotopic (exact) mass is 345 g/mol. The first-order valence-corrected chi connectivity index (χ1v) is 8.66. The predicted molar refractivity (Wildman–Crippen MR) is 96.4 cm³/mol. The van der Waals surface area contributed by atoms with Crippen molar-refractivity contribution in [2.24, 2.45) is 5.92 Å². The van der Waals surface area contributed by atoms with Crippen LogP contribution >= 0.6 is 0 Å². The normalized spacial score (nSPS) is 11.1. The van der Waals surface area contributed by atoms with Gasteiger partial charge in [0.05, 0.1) is 5.69 Å². The fraction of sp³-hybridized carbons (Fsp3) is 0.556. The summed E-state index contributed by atoms with van der Waals surface area (Å²) in [5, 5.41) is 10.1. The number of aryl methyl sites for hydroxylation is 3. The van der Waals surface area contributed by atoms with E-state index in [4.69, 9.17) is 0 Å². The van der Waals surface area contributed by atoms with Gasteiger partial charge in [0.1, 0.15) is 0 Å². The van der Waals surface area contributed by atoms with Gasteiger partial charge in [0.25, 0.3) is 0 Å². The minimum atomic E-state index is -0.0463. The summed E-state index contributed by atoms with van der Waals surface area (Å²) >= 11 is 0. The molecule has 2 amide bonds. The molecule has 2 N–H and O–H groups in total. The standard InChI is InChI=1S/C18H27N5O2/c1-11(2)18(25)20-9-8-19-17(24)7-6-15-13(4)21-16-10-12(3)22-23(16)14(15)5/h10-11H,6-9H2,1-5H3,(H,19,24)(H,20,25). The molecule has 2 aromatic rings. The van der Waals surface area contributed by atoms with Crippen LogP contribution in [0.25, 0.3) is 5.65 Å². The lowest BCUT2D eigenvalue weighted by Crippen LogP contribution is -2.36. The number of fused-ring (bicyclic) bond motifs is 1. The van der Waals surface area contributed by atoms with Gasteiger partial charge in [0.2, 0.25) is 11.8 Å². The van der Waals surface area contributed by atoms with E-state index in [1.165, 1.54) is 0 Å². The van der Waals surface area contributed by atoms with Gasteiger partial charge in [-0.3, -0.25) is 9.59 Å². The highest BCUT2D eigenvalue weighted by Crippen LogP contribution is 2.16. The van der Waals surface area contributed by atoms with Crippen LogP contribution in [0.1, 0.15) is 42.9 Å². The number of aromatic nitrogens is 3. The molecule has 0 aliphatic heterocycles. The fourth-order valence-electron chi connectivity index (χ4n) is 2.72. The quantitative estimate of drug-likeness (QED) is 0.744. The van der Waals surface area contributed by atoms with E-state index >= 15 is 0 Å². The average molecular weight is 345 g/mol. The van der Waals surface area contributed by atoms with Crippen LogP contribution in [0, 0.1) is 26.7 Å². The van der Waals surface area contributed by atoms with Gasteiger partial charge in [0, 0.05) is 42.9 Å². The van der Waals surface area contributed by atoms with E-state index in [0.29, 0.717) is 25.9 Å². The highest BCUT2D eigenvalue weighted by atomic mass is 16.2. The van der Waals surface area contributed by atoms with Crippen LogP contribution in [0.2, 0.25) is 0 Å². The van der Waals surface area contributed by atoms with E-state index < -0.39 is 0 Å². The lowest BCUT2D eigenvalue weighted by atomic mass is 10.1. The topological polar surface area (TPSA) is 88.4 Å². The van der Waals surface area contributed by atoms with Crippen LogP contribution < -0.4 is 10.6 Å². The van der Waals surface area contributed by atoms with Gasteiger partial charge in [-0.2, -0.15) is 5.10 Å². The molecule has 25 heavy (non-hydrogen) atoms. The van der Waals surface area contributed by atoms with Crippen molar-refractivity contribution in [3.63, 3.8) is 0 Å². The molecule has 0 aliphatic rings. The molecule has 0 saturated heterocycles. The van der Waals surface area contributed by atoms with Gasteiger partial charge < -0.3 is 10.6 Å². The maximum absolute atomic E-state index is 12.0. The minimum Gasteiger partial charge on any atom is -0.354 e. The first-order valence-electron chi connectivity index (χ1n) is 8.66. The van der Waals surface area contributed by atoms with E-state index in [1.54, 1.807) is 0 Å². The van der Waals surface area contributed by atoms with Crippen LogP contribution in [0.3, 0.4) is 0 Å². The van der Waals surface area contributed by atoms with Gasteiger partial charge in [0.15, 0.2) is 5.65 Å². The second-order valence-corrected chi connectivity index (χ2v) is 6.61. The van der Waals surface area contributed by atoms with Crippen LogP contribution in [0.15, 0.2) is 6.07 Å². The first-order chi connectivity index (χ1) is 11.8. The Kier molecular flexibility index (Phi) is 6.12. The van der Waals surface area contributed by atoms with E-state index in [0.717, 1.165) is 28.3 Å². The first kappa shape index (κ1) is 18.9. The Balaban J connectivity index is 1.87. The molecule has 0 fully saturated rings. The van der Waals surface area contributed by atoms with Gasteiger partial charge >= 0.3 is 0 Å². The molecular weight excluding hydrogens is 318 g/mol. The van der Waals surface area contributed by atoms with Crippen LogP contribution in [-0.2, 0) is 16.0 Å². The molecule has 0 spiro atoms. The zero-order valence-electron chi connectivity index (χ0n) is 15.6. The molecule has 0 aromatic carbocycles. The molecule has 0 unspecified atom stereocenters. The Morgan fingerprint density at radius 3 is 2.52 bits per heavy atom. The summed E-state index contributed by atoms with van der Waals surface area (Å²) in [7, 11) is 0. The molecule has 2 heterocycles. The van der Waals surface area contributed by atoms with Crippen LogP contribution in [0.4, 0.5) is 0 Å². The van der Waals surface area contributed by atoms with Crippen LogP contribution in [-0.4, -0.2) is 39.5 Å². The number of rotatable bonds is 7. The predicted octanol–water partition coefficient (Wildman–Crippen LogP) is 1.48. The number of amides is 2. The molecule has 0 aliphatic carbocycles. The summed E-state index contributed by atoms with van der Waals surface area (Å²) in [5.41, 5.74) is 4.77. The maximum Gasteiger partial charge on any atom is 0.222 e. The van der Waals surface area contributed by atoms with Crippen molar-refractivity contribution in [3.05, 3.63) is 28.7 Å². The zero-order valence-corrected chi connectivity index (χ0v) is 15.6. The highest BCUT2D eigenvalue weighted by Gasteiger charge is 2.13. The Bertz CT molecular complexity index is 779. The number of carbonyl (C=O) groups is 2. The number of carbonyl (C=O) groups excluding carboxylic acids is 2. The molecular formula is C18H27N5O2. The van der Waals surface area contributed by atoms with Crippen molar-refractivity contribution in [2.45, 2.75) is 47.5 Å². The van der Waals surface area contributed by atoms with Gasteiger partial charge in [-0.25, -0.2) is 9.50 Å². The summed E-state index contributed by atoms with van der Waals surface area (Å²) in [4.78, 5) is 28.0. The lowest BCUT2D eigenvalue weighted by Gasteiger charge is -2.11. The molecule has 0 saturated carbocycles. The fourth-order valence-corrected chi connectivity index (χ4v) is 2.72. The maximum atomic E-state index is 12.0. The molecule has 0 radical (unpaired) electrons. The van der Waals surface area contributed by atoms with Crippen molar-refractivity contribution in [1.29, 1.82) is 0 Å². The summed E-state index contributed by atoms with van der Waals surface area (Å²) in [6, 6.07) is 1.95. The Morgan fingerprint density at radius 1 is 1.16 bits per heavy atom. The summed E-state index contributed by atoms with van der Waals surface area (Å²) in [6.07, 6.45) is 0.997. The average Bonchev–Trinajstić information content (AvgIpc) is 2.91. The molecule has 2 rings (SSSR count). The van der Waals surface area contributed by atoms with Crippen molar-refractivity contribution >= 4 is 17.5 Å².